The van der Waals surface area contributed by atoms with Gasteiger partial charge in [-0.15, -0.1) is 0 Å². The molecule has 0 aliphatic carbocycles. The second kappa shape index (κ2) is 5.65. The van der Waals surface area contributed by atoms with Gasteiger partial charge in [0.15, 0.2) is 0 Å². The molecule has 0 radical (unpaired) electrons. The predicted octanol–water partition coefficient (Wildman–Crippen LogP) is 3.41. The van der Waals surface area contributed by atoms with Crippen LogP contribution in [0.4, 0.5) is 0 Å². The quantitative estimate of drug-likeness (QED) is 0.786. The van der Waals surface area contributed by atoms with Gasteiger partial charge in [-0.1, -0.05) is 18.2 Å². The molecular formula is C16H17NO2. The van der Waals surface area contributed by atoms with Crippen molar-refractivity contribution in [2.45, 2.75) is 26.9 Å². The number of aromatic nitrogens is 1. The summed E-state index contributed by atoms with van der Waals surface area (Å²) in [4.78, 5) is 16.7. The first-order chi connectivity index (χ1) is 9.08. The molecule has 0 atom stereocenters. The maximum absolute atomic E-state index is 12.5. The summed E-state index contributed by atoms with van der Waals surface area (Å²) in [5.41, 5.74) is 1.82. The van der Waals surface area contributed by atoms with Crippen LogP contribution in [-0.2, 0) is 0 Å². The van der Waals surface area contributed by atoms with Gasteiger partial charge in [0.2, 0.25) is 5.78 Å². The van der Waals surface area contributed by atoms with Crippen molar-refractivity contribution < 1.29 is 9.53 Å². The van der Waals surface area contributed by atoms with E-state index in [0.29, 0.717) is 17.0 Å². The molecule has 3 nitrogen and oxygen atoms in total. The number of carbonyl (C=O) groups excluding carboxylic acids is 1. The minimum absolute atomic E-state index is 0.0272. The molecule has 0 amide bonds. The van der Waals surface area contributed by atoms with Crippen molar-refractivity contribution in [2.24, 2.45) is 0 Å². The van der Waals surface area contributed by atoms with Crippen molar-refractivity contribution in [1.82, 2.24) is 4.98 Å². The summed E-state index contributed by atoms with van der Waals surface area (Å²) in [7, 11) is 0. The van der Waals surface area contributed by atoms with Gasteiger partial charge >= 0.3 is 0 Å². The number of ether oxygens (including phenoxy) is 1. The van der Waals surface area contributed by atoms with Crippen molar-refractivity contribution in [3.63, 3.8) is 0 Å². The van der Waals surface area contributed by atoms with Gasteiger partial charge < -0.3 is 4.74 Å². The Morgan fingerprint density at radius 2 is 1.84 bits per heavy atom. The molecule has 0 bridgehead atoms. The number of rotatable bonds is 4. The monoisotopic (exact) mass is 255 g/mol. The highest BCUT2D eigenvalue weighted by Crippen LogP contribution is 2.22. The zero-order chi connectivity index (χ0) is 13.8. The van der Waals surface area contributed by atoms with Crippen LogP contribution in [0.25, 0.3) is 0 Å². The Hall–Kier alpha value is -2.16. The zero-order valence-corrected chi connectivity index (χ0v) is 11.4. The van der Waals surface area contributed by atoms with Crippen molar-refractivity contribution in [2.75, 3.05) is 0 Å². The van der Waals surface area contributed by atoms with Crippen LogP contribution >= 0.6 is 0 Å². The molecule has 0 N–H and O–H groups in total. The third kappa shape index (κ3) is 3.19. The van der Waals surface area contributed by atoms with Gasteiger partial charge in [0.25, 0.3) is 0 Å². The fraction of sp³-hybridized carbons (Fsp3) is 0.250. The Labute approximate surface area is 113 Å². The highest BCUT2D eigenvalue weighted by Gasteiger charge is 2.16. The van der Waals surface area contributed by atoms with Crippen LogP contribution in [0.1, 0.15) is 35.6 Å². The minimum atomic E-state index is -0.111. The lowest BCUT2D eigenvalue weighted by atomic mass is 10.1. The van der Waals surface area contributed by atoms with E-state index in [2.05, 4.69) is 4.98 Å². The minimum Gasteiger partial charge on any atom is -0.490 e. The molecule has 0 saturated heterocycles. The first-order valence-corrected chi connectivity index (χ1v) is 6.32. The summed E-state index contributed by atoms with van der Waals surface area (Å²) in [6.07, 6.45) is 0.0272. The zero-order valence-electron chi connectivity index (χ0n) is 11.4. The number of para-hydroxylation sites is 1. The Balaban J connectivity index is 2.39. The van der Waals surface area contributed by atoms with Crippen LogP contribution < -0.4 is 4.74 Å². The van der Waals surface area contributed by atoms with E-state index in [1.165, 1.54) is 0 Å². The second-order valence-electron chi connectivity index (χ2n) is 4.66. The number of ketones is 1. The normalized spacial score (nSPS) is 10.5. The first kappa shape index (κ1) is 13.3. The van der Waals surface area contributed by atoms with Crippen molar-refractivity contribution in [3.8, 4) is 5.75 Å². The highest BCUT2D eigenvalue weighted by molar-refractivity contribution is 6.09. The van der Waals surface area contributed by atoms with Gasteiger partial charge in [-0.25, -0.2) is 4.98 Å². The molecule has 2 aromatic rings. The van der Waals surface area contributed by atoms with Crippen molar-refractivity contribution in [3.05, 3.63) is 59.4 Å². The first-order valence-electron chi connectivity index (χ1n) is 6.32. The Bertz CT molecular complexity index is 591. The number of hydrogen-bond donors (Lipinski definition) is 0. The summed E-state index contributed by atoms with van der Waals surface area (Å²) >= 11 is 0. The molecule has 0 aliphatic heterocycles. The van der Waals surface area contributed by atoms with E-state index in [-0.39, 0.29) is 11.9 Å². The molecule has 2 rings (SSSR count). The summed E-state index contributed by atoms with van der Waals surface area (Å²) < 4.78 is 5.67. The second-order valence-corrected chi connectivity index (χ2v) is 4.66. The number of hydrogen-bond acceptors (Lipinski definition) is 3. The van der Waals surface area contributed by atoms with E-state index in [0.717, 1.165) is 5.69 Å². The van der Waals surface area contributed by atoms with Gasteiger partial charge in [-0.3, -0.25) is 4.79 Å². The molecule has 1 aromatic heterocycles. The van der Waals surface area contributed by atoms with Crippen LogP contribution in [0.15, 0.2) is 42.5 Å². The van der Waals surface area contributed by atoms with E-state index >= 15 is 0 Å². The highest BCUT2D eigenvalue weighted by atomic mass is 16.5. The number of aryl methyl sites for hydroxylation is 1. The number of carbonyl (C=O) groups is 1. The molecule has 3 heteroatoms. The van der Waals surface area contributed by atoms with Crippen LogP contribution in [-0.4, -0.2) is 16.9 Å². The van der Waals surface area contributed by atoms with Crippen LogP contribution in [0.3, 0.4) is 0 Å². The maximum Gasteiger partial charge on any atom is 0.215 e. The molecular weight excluding hydrogens is 238 g/mol. The average Bonchev–Trinajstić information content (AvgIpc) is 2.38. The van der Waals surface area contributed by atoms with E-state index in [9.17, 15) is 4.79 Å². The third-order valence-electron chi connectivity index (χ3n) is 2.62. The summed E-state index contributed by atoms with van der Waals surface area (Å²) in [5, 5.41) is 0. The molecule has 1 heterocycles. The molecule has 0 saturated carbocycles. The van der Waals surface area contributed by atoms with E-state index in [4.69, 9.17) is 4.74 Å². The SMILES string of the molecule is Cc1cccc(C(=O)c2ccccc2OC(C)C)n1. The van der Waals surface area contributed by atoms with Crippen LogP contribution in [0.5, 0.6) is 5.75 Å². The van der Waals surface area contributed by atoms with Gasteiger partial charge in [0, 0.05) is 5.69 Å². The van der Waals surface area contributed by atoms with Crippen molar-refractivity contribution in [1.29, 1.82) is 0 Å². The molecule has 0 aliphatic rings. The van der Waals surface area contributed by atoms with Gasteiger partial charge in [-0.2, -0.15) is 0 Å². The lowest BCUT2D eigenvalue weighted by Crippen LogP contribution is -2.11. The molecule has 0 unspecified atom stereocenters. The summed E-state index contributed by atoms with van der Waals surface area (Å²) in [6.45, 7) is 5.74. The average molecular weight is 255 g/mol. The van der Waals surface area contributed by atoms with Crippen molar-refractivity contribution >= 4 is 5.78 Å². The van der Waals surface area contributed by atoms with Crippen LogP contribution in [0.2, 0.25) is 0 Å². The molecule has 1 aromatic carbocycles. The summed E-state index contributed by atoms with van der Waals surface area (Å²) in [6, 6.07) is 12.7. The third-order valence-corrected chi connectivity index (χ3v) is 2.62. The summed E-state index contributed by atoms with van der Waals surface area (Å²) in [5.74, 6) is 0.491. The fourth-order valence-corrected chi connectivity index (χ4v) is 1.82. The Kier molecular flexibility index (Phi) is 3.95. The molecule has 98 valence electrons. The van der Waals surface area contributed by atoms with E-state index in [1.54, 1.807) is 12.1 Å². The number of pyridine rings is 1. The molecule has 0 fully saturated rings. The Morgan fingerprint density at radius 3 is 2.53 bits per heavy atom. The van der Waals surface area contributed by atoms with E-state index in [1.807, 2.05) is 51.1 Å². The standard InChI is InChI=1S/C16H17NO2/c1-11(2)19-15-10-5-4-8-13(15)16(18)14-9-6-7-12(3)17-14/h4-11H,1-3H3. The van der Waals surface area contributed by atoms with E-state index < -0.39 is 0 Å². The fourth-order valence-electron chi connectivity index (χ4n) is 1.82. The predicted molar refractivity (Wildman–Crippen MR) is 74.6 cm³/mol. The molecule has 0 spiro atoms. The lowest BCUT2D eigenvalue weighted by molar-refractivity contribution is 0.102. The number of benzene rings is 1. The largest absolute Gasteiger partial charge is 0.490 e. The topological polar surface area (TPSA) is 39.2 Å². The van der Waals surface area contributed by atoms with Gasteiger partial charge in [-0.05, 0) is 45.0 Å². The lowest BCUT2D eigenvalue weighted by Gasteiger charge is -2.13. The van der Waals surface area contributed by atoms with Gasteiger partial charge in [0.05, 0.1) is 11.7 Å². The smallest absolute Gasteiger partial charge is 0.215 e. The molecule has 19 heavy (non-hydrogen) atoms. The van der Waals surface area contributed by atoms with Crippen LogP contribution in [0, 0.1) is 6.92 Å². The number of nitrogens with zero attached hydrogens (tertiary/aromatic N) is 1. The Morgan fingerprint density at radius 1 is 1.11 bits per heavy atom. The maximum atomic E-state index is 12.5. The van der Waals surface area contributed by atoms with Gasteiger partial charge in [0.1, 0.15) is 11.4 Å².